The second-order valence-corrected chi connectivity index (χ2v) is 45.5. The molecule has 3 aliphatic carbocycles. The first kappa shape index (κ1) is 107. The molecule has 4 aromatic carbocycles. The molecular weight excluding hydrogens is 1930 g/mol. The van der Waals surface area contributed by atoms with Crippen LogP contribution in [0.25, 0.3) is 10.9 Å². The number of likely N-dealkylation sites (N-methyl/N-ethyl adjacent to an activating group) is 2. The lowest BCUT2D eigenvalue weighted by Crippen LogP contribution is -2.80. The summed E-state index contributed by atoms with van der Waals surface area (Å²) in [6.45, 7) is 14.5. The lowest BCUT2D eigenvalue weighted by molar-refractivity contribution is -0.324. The average molecular weight is 2070 g/mol. The standard InChI is InChI=1S/C101H136N10O28S4/c1-14-96(125)45-57-46-100(94(122)123,87-61(27-33-110(48-57)51-96)60-22-17-18-23-66(60)102-87)64-41-63-68(42-72(64)129-12)109(10)92-99(63)31-34-111-32-20-30-97(15-2,91(99)111)93(121)101(92,127)52-133-107-106-95(124)131-35-38-142-143-50-67(89(118)119)103-88(117)53(4)49-132-75(114)29-37-141-140-36-28-74(113)105-104-65-25-26-76(134-54(65)5)138-86-56(7)136-78(44-70(86)112)139-85-55(6)135-77(43-69(85)108(8)9)137-73-47-98(126,16-3)82(90(120)130-13)62-40-59-39-58-21-19-24-71(128-11)79(58)83(115)80(59)84(116)81(62)73/h17-24,30,40-42,53-57,67,69-70,73,76-78,82,85-86,91-93,102,107,112,116,121,125-127H,14-16,25-29,31-39,43-52H2,1-13H3,(H,103,117)(H,105,113)(H,106,124)(H,118,119)(H,122,123)/b104-65-/t53?,54?,55?,56?,57?,67?,69-,70-,73+,76+,77+,78+,82+,85-,86?,91+,92-,93-,96+,97-,98-,99-,100+,101+/m1/s1. The molecule has 1 aromatic heterocycles. The number of carboxylic acids is 2. The molecule has 5 saturated heterocycles. The number of fused-ring (bicyclic) bond motifs is 9. The monoisotopic (exact) mass is 2060 g/mol. The number of carbonyl (C=O) groups is 8. The van der Waals surface area contributed by atoms with Gasteiger partial charge in [0.25, 0.3) is 0 Å². The highest BCUT2D eigenvalue weighted by atomic mass is 33.1. The van der Waals surface area contributed by atoms with E-state index in [1.165, 1.54) is 60.6 Å². The van der Waals surface area contributed by atoms with Gasteiger partial charge in [-0.2, -0.15) is 5.10 Å². The number of aromatic nitrogens is 1. The minimum absolute atomic E-state index is 0.000218. The number of nitrogens with zero attached hydrogens (tertiary/aromatic N) is 5. The molecule has 8 aliphatic heterocycles. The van der Waals surface area contributed by atoms with E-state index in [0.29, 0.717) is 146 Å². The minimum Gasteiger partial charge on any atom is -0.507 e. The van der Waals surface area contributed by atoms with E-state index in [9.17, 15) is 74.4 Å². The Hall–Kier alpha value is -8.45. The van der Waals surface area contributed by atoms with Gasteiger partial charge in [-0.15, -0.1) is 5.59 Å². The van der Waals surface area contributed by atoms with Crippen molar-refractivity contribution in [3.8, 4) is 17.2 Å². The van der Waals surface area contributed by atoms with Crippen molar-refractivity contribution in [2.45, 2.75) is 270 Å². The fraction of sp³-hybridized carbons (Fsp3) is 0.634. The number of H-pyrrole nitrogens is 1. The van der Waals surface area contributed by atoms with Crippen LogP contribution in [0.5, 0.6) is 17.2 Å². The van der Waals surface area contributed by atoms with Crippen LogP contribution in [0, 0.1) is 17.3 Å². The number of rotatable bonds is 38. The van der Waals surface area contributed by atoms with Gasteiger partial charge in [0.1, 0.15) is 72.3 Å². The zero-order valence-electron chi connectivity index (χ0n) is 83.0. The zero-order valence-corrected chi connectivity index (χ0v) is 86.3. The highest BCUT2D eigenvalue weighted by Gasteiger charge is 2.77. The molecular formula is C101H136N10O28S4. The van der Waals surface area contributed by atoms with E-state index in [1.807, 2.05) is 106 Å². The normalized spacial score (nSPS) is 32.8. The number of amides is 3. The van der Waals surface area contributed by atoms with Crippen molar-refractivity contribution >= 4 is 113 Å². The molecule has 6 fully saturated rings. The van der Waals surface area contributed by atoms with Crippen molar-refractivity contribution < 1.29 is 136 Å². The number of esters is 2. The number of nitrogens with one attached hydrogen (secondary N) is 5. The molecule has 3 amide bonds. The number of aliphatic carboxylic acids is 2. The van der Waals surface area contributed by atoms with Crippen molar-refractivity contribution in [1.29, 1.82) is 0 Å². The summed E-state index contributed by atoms with van der Waals surface area (Å²) in [4.78, 5) is 126. The van der Waals surface area contributed by atoms with Crippen LogP contribution < -0.4 is 36.1 Å². The largest absolute Gasteiger partial charge is 0.507 e. The number of phenolic OH excluding ortho intramolecular Hbond substituents is 1. The topological polar surface area (TPSA) is 498 Å². The van der Waals surface area contributed by atoms with Gasteiger partial charge in [-0.25, -0.2) is 20.4 Å². The lowest BCUT2D eigenvalue weighted by atomic mass is 9.48. The molecule has 5 aromatic rings. The van der Waals surface area contributed by atoms with Gasteiger partial charge in [0, 0.05) is 151 Å². The van der Waals surface area contributed by atoms with Crippen LogP contribution in [0.1, 0.15) is 205 Å². The number of hydrogen-bond donors (Lipinski definition) is 13. The Labute approximate surface area is 846 Å². The fourth-order valence-electron chi connectivity index (χ4n) is 24.7. The van der Waals surface area contributed by atoms with Gasteiger partial charge in [-0.3, -0.25) is 43.4 Å². The number of phenols is 1. The van der Waals surface area contributed by atoms with Crippen LogP contribution in [0.2, 0.25) is 0 Å². The van der Waals surface area contributed by atoms with Gasteiger partial charge in [-0.05, 0) is 151 Å². The summed E-state index contributed by atoms with van der Waals surface area (Å²) in [5.41, 5.74) is 5.74. The van der Waals surface area contributed by atoms with E-state index in [0.717, 1.165) is 32.8 Å². The predicted octanol–water partition coefficient (Wildman–Crippen LogP) is 8.35. The van der Waals surface area contributed by atoms with Crippen molar-refractivity contribution in [2.75, 3.05) is 123 Å². The molecule has 9 heterocycles. The van der Waals surface area contributed by atoms with Crippen molar-refractivity contribution in [1.82, 2.24) is 41.4 Å². The molecule has 16 rings (SSSR count). The molecule has 2 bridgehead atoms. The van der Waals surface area contributed by atoms with E-state index < -0.39 is 173 Å². The number of hydrazone groups is 1. The Kier molecular flexibility index (Phi) is 33.4. The second kappa shape index (κ2) is 44.5. The second-order valence-electron chi connectivity index (χ2n) is 40.2. The molecule has 782 valence electrons. The molecule has 8 unspecified atom stereocenters. The number of ether oxygens (including phenoxy) is 11. The number of aliphatic hydroxyl groups excluding tert-OH is 2. The number of para-hydroxylation sites is 1. The van der Waals surface area contributed by atoms with Crippen molar-refractivity contribution in [3.63, 3.8) is 0 Å². The Morgan fingerprint density at radius 3 is 2.21 bits per heavy atom. The number of anilines is 1. The van der Waals surface area contributed by atoms with E-state index >= 15 is 4.79 Å². The lowest BCUT2D eigenvalue weighted by Gasteiger charge is -2.64. The quantitative estimate of drug-likeness (QED) is 0.00432. The number of carboxylic acid groups (broad SMARTS) is 2. The van der Waals surface area contributed by atoms with Gasteiger partial charge in [-0.1, -0.05) is 119 Å². The van der Waals surface area contributed by atoms with Crippen LogP contribution in [-0.4, -0.2) is 334 Å². The third-order valence-corrected chi connectivity index (χ3v) is 36.3. The van der Waals surface area contributed by atoms with Crippen molar-refractivity contribution in [2.24, 2.45) is 22.4 Å². The Morgan fingerprint density at radius 1 is 0.769 bits per heavy atom. The van der Waals surface area contributed by atoms with Gasteiger partial charge in [0.05, 0.1) is 104 Å². The summed E-state index contributed by atoms with van der Waals surface area (Å²) in [6.07, 6.45) is -2.26. The molecule has 143 heavy (non-hydrogen) atoms. The number of aromatic amines is 1. The molecule has 42 heteroatoms. The third-order valence-electron chi connectivity index (χ3n) is 31.5. The van der Waals surface area contributed by atoms with Crippen LogP contribution in [0.15, 0.2) is 77.9 Å². The number of benzene rings is 4. The molecule has 1 saturated carbocycles. The molecule has 25 atom stereocenters. The van der Waals surface area contributed by atoms with Gasteiger partial charge in [0.15, 0.2) is 18.9 Å². The number of piperidine rings is 1. The summed E-state index contributed by atoms with van der Waals surface area (Å²) in [7, 11) is 14.9. The predicted molar refractivity (Wildman–Crippen MR) is 533 cm³/mol. The summed E-state index contributed by atoms with van der Waals surface area (Å²) in [6, 6.07) is 15.8. The maximum Gasteiger partial charge on any atom is 0.423 e. The summed E-state index contributed by atoms with van der Waals surface area (Å²) < 4.78 is 67.0. The number of methoxy groups -OCH3 is 3. The SMILES string of the molecule is CC[C@]1(O)CC2CN(CCc3c([nH]c4ccccc34)[C@@](C(=O)O)(c3cc4c(cc3OC)N(C)[C@H]3[C@@](O)(CONNC(=O)OCCSSCC(NC(=O)C(C)COC(=O)CCSSCCC(=O)N/N=C5/CC[C@H](OC6C(C)O[C@@H](O[C@@H]7C(C)O[C@@H](O[C@H]8C[C@](O)(CC)[C@H](C(=O)OC)c9cc%10c(c(O)c98)C(=O)c8c(cccc8OC)C%10)C[C@H]7N(C)C)C[C@H]6O)OC5C)C(=O)O)[C@H](O)[C@]5(CC)C=CCN6CC[C@]43[C@@H]65)C2)C1. The molecule has 11 aliphatic rings. The Bertz CT molecular complexity index is 5590. The maximum absolute atomic E-state index is 15.0. The van der Waals surface area contributed by atoms with E-state index in [1.54, 1.807) is 39.0 Å². The van der Waals surface area contributed by atoms with Crippen LogP contribution in [0.3, 0.4) is 0 Å². The van der Waals surface area contributed by atoms with E-state index in [2.05, 4.69) is 41.6 Å². The molecule has 1 spiro atoms. The van der Waals surface area contributed by atoms with E-state index in [4.69, 9.17) is 56.9 Å². The number of hydrazine groups is 1. The number of aliphatic hydroxyl groups is 5. The van der Waals surface area contributed by atoms with Crippen LogP contribution >= 0.6 is 43.2 Å². The number of aromatic hydroxyl groups is 1. The minimum atomic E-state index is -2.07. The summed E-state index contributed by atoms with van der Waals surface area (Å²) in [5.74, 6) is -6.22. The molecule has 38 nitrogen and oxygen atoms in total. The zero-order chi connectivity index (χ0) is 102. The van der Waals surface area contributed by atoms with Crippen molar-refractivity contribution in [3.05, 3.63) is 129 Å². The van der Waals surface area contributed by atoms with Gasteiger partial charge < -0.3 is 113 Å². The Balaban J connectivity index is 0.431. The summed E-state index contributed by atoms with van der Waals surface area (Å²) in [5, 5.41) is 105. The first-order valence-electron chi connectivity index (χ1n) is 49.4. The first-order chi connectivity index (χ1) is 68.4. The molecule has 13 N–H and O–H groups in total. The van der Waals surface area contributed by atoms with Crippen LogP contribution in [-0.2, 0) is 99.9 Å². The van der Waals surface area contributed by atoms with Gasteiger partial charge in [0.2, 0.25) is 17.6 Å². The highest BCUT2D eigenvalue weighted by Crippen LogP contribution is 2.68. The first-order valence-corrected chi connectivity index (χ1v) is 54.4. The third kappa shape index (κ3) is 20.9. The molecule has 0 radical (unpaired) electrons. The summed E-state index contributed by atoms with van der Waals surface area (Å²) >= 11 is 0. The fourth-order valence-corrected chi connectivity index (χ4v) is 28.6. The smallest absolute Gasteiger partial charge is 0.423 e. The number of hydrogen-bond acceptors (Lipinski definition) is 36. The average Bonchev–Trinajstić information content (AvgIpc) is 1.48. The number of carbonyl (C=O) groups excluding carboxylic acids is 6. The van der Waals surface area contributed by atoms with E-state index in [-0.39, 0.29) is 117 Å². The van der Waals surface area contributed by atoms with Crippen LogP contribution in [0.4, 0.5) is 10.5 Å². The van der Waals surface area contributed by atoms with Gasteiger partial charge >= 0.3 is 30.0 Å². The maximum atomic E-state index is 15.0. The Morgan fingerprint density at radius 2 is 1.50 bits per heavy atom. The number of ketones is 1. The highest BCUT2D eigenvalue weighted by molar-refractivity contribution is 8.77.